The van der Waals surface area contributed by atoms with Crippen molar-refractivity contribution in [3.63, 3.8) is 0 Å². The van der Waals surface area contributed by atoms with Gasteiger partial charge in [-0.2, -0.15) is 0 Å². The third-order valence-corrected chi connectivity index (χ3v) is 3.40. The van der Waals surface area contributed by atoms with Gasteiger partial charge in [0, 0.05) is 28.6 Å². The van der Waals surface area contributed by atoms with Gasteiger partial charge in [0.15, 0.2) is 0 Å². The van der Waals surface area contributed by atoms with Crippen LogP contribution in [0.15, 0.2) is 41.1 Å². The van der Waals surface area contributed by atoms with Crippen LogP contribution in [0, 0.1) is 0 Å². The van der Waals surface area contributed by atoms with Crippen molar-refractivity contribution in [2.75, 3.05) is 5.32 Å². The first-order chi connectivity index (χ1) is 9.70. The lowest BCUT2D eigenvalue weighted by molar-refractivity contribution is 0.0950. The molecule has 0 atom stereocenters. The minimum Gasteiger partial charge on any atom is -0.349 e. The minimum atomic E-state index is -0.110. The molecule has 102 valence electrons. The molecule has 0 spiro atoms. The molecule has 2 aromatic rings. The highest BCUT2D eigenvalue weighted by molar-refractivity contribution is 9.10. The van der Waals surface area contributed by atoms with Crippen molar-refractivity contribution in [3.8, 4) is 0 Å². The number of amides is 1. The van der Waals surface area contributed by atoms with Gasteiger partial charge in [-0.05, 0) is 31.0 Å². The number of halogens is 1. The SMILES string of the molecule is O=C(NC1CC1)c1cnc(Nc2cccc(Br)c2)nc1. The first kappa shape index (κ1) is 13.1. The van der Waals surface area contributed by atoms with Gasteiger partial charge in [0.2, 0.25) is 5.95 Å². The molecule has 3 rings (SSSR count). The van der Waals surface area contributed by atoms with E-state index < -0.39 is 0 Å². The fraction of sp³-hybridized carbons (Fsp3) is 0.214. The fourth-order valence-electron chi connectivity index (χ4n) is 1.70. The number of carbonyl (C=O) groups excluding carboxylic acids is 1. The minimum absolute atomic E-state index is 0.110. The summed E-state index contributed by atoms with van der Waals surface area (Å²) >= 11 is 3.40. The van der Waals surface area contributed by atoms with E-state index in [1.165, 1.54) is 12.4 Å². The Hall–Kier alpha value is -1.95. The van der Waals surface area contributed by atoms with Gasteiger partial charge in [-0.3, -0.25) is 4.79 Å². The Kier molecular flexibility index (Phi) is 3.64. The van der Waals surface area contributed by atoms with Gasteiger partial charge in [-0.1, -0.05) is 22.0 Å². The second-order valence-corrected chi connectivity index (χ2v) is 5.59. The van der Waals surface area contributed by atoms with Crippen molar-refractivity contribution in [1.29, 1.82) is 0 Å². The van der Waals surface area contributed by atoms with Crippen LogP contribution in [0.5, 0.6) is 0 Å². The summed E-state index contributed by atoms with van der Waals surface area (Å²) < 4.78 is 0.975. The van der Waals surface area contributed by atoms with Crippen molar-refractivity contribution >= 4 is 33.5 Å². The normalized spacial score (nSPS) is 13.8. The van der Waals surface area contributed by atoms with Crippen molar-refractivity contribution in [2.24, 2.45) is 0 Å². The number of hydrogen-bond donors (Lipinski definition) is 2. The summed E-state index contributed by atoms with van der Waals surface area (Å²) in [5.41, 5.74) is 1.37. The first-order valence-electron chi connectivity index (χ1n) is 6.36. The summed E-state index contributed by atoms with van der Waals surface area (Å²) in [6.07, 6.45) is 5.19. The van der Waals surface area contributed by atoms with Crippen molar-refractivity contribution < 1.29 is 4.79 Å². The van der Waals surface area contributed by atoms with Crippen LogP contribution in [0.4, 0.5) is 11.6 Å². The second kappa shape index (κ2) is 5.58. The van der Waals surface area contributed by atoms with E-state index in [0.29, 0.717) is 17.6 Å². The first-order valence-corrected chi connectivity index (χ1v) is 7.15. The molecular formula is C14H13BrN4O. The Morgan fingerprint density at radius 2 is 2.00 bits per heavy atom. The van der Waals surface area contributed by atoms with Crippen LogP contribution < -0.4 is 10.6 Å². The average Bonchev–Trinajstić information content (AvgIpc) is 3.23. The van der Waals surface area contributed by atoms with E-state index in [-0.39, 0.29) is 5.91 Å². The van der Waals surface area contributed by atoms with Crippen molar-refractivity contribution in [2.45, 2.75) is 18.9 Å². The molecule has 1 heterocycles. The molecule has 1 aliphatic carbocycles. The Morgan fingerprint density at radius 3 is 2.65 bits per heavy atom. The smallest absolute Gasteiger partial charge is 0.254 e. The molecule has 1 saturated carbocycles. The lowest BCUT2D eigenvalue weighted by Gasteiger charge is -2.06. The Bertz CT molecular complexity index is 625. The molecule has 5 nitrogen and oxygen atoms in total. The summed E-state index contributed by atoms with van der Waals surface area (Å²) in [5.74, 6) is 0.354. The molecule has 0 bridgehead atoms. The molecule has 0 aliphatic heterocycles. The van der Waals surface area contributed by atoms with Crippen LogP contribution >= 0.6 is 15.9 Å². The molecule has 6 heteroatoms. The van der Waals surface area contributed by atoms with Crippen LogP contribution in [0.2, 0.25) is 0 Å². The molecule has 1 aromatic heterocycles. The highest BCUT2D eigenvalue weighted by atomic mass is 79.9. The predicted molar refractivity (Wildman–Crippen MR) is 79.9 cm³/mol. The summed E-state index contributed by atoms with van der Waals surface area (Å²) in [7, 11) is 0. The summed E-state index contributed by atoms with van der Waals surface area (Å²) in [5, 5.41) is 5.98. The van der Waals surface area contributed by atoms with Gasteiger partial charge >= 0.3 is 0 Å². The second-order valence-electron chi connectivity index (χ2n) is 4.68. The molecule has 0 radical (unpaired) electrons. The quantitative estimate of drug-likeness (QED) is 0.903. The monoisotopic (exact) mass is 332 g/mol. The van der Waals surface area contributed by atoms with E-state index in [9.17, 15) is 4.79 Å². The zero-order valence-corrected chi connectivity index (χ0v) is 12.2. The summed E-state index contributed by atoms with van der Waals surface area (Å²) in [6, 6.07) is 8.04. The maximum Gasteiger partial charge on any atom is 0.254 e. The van der Waals surface area contributed by atoms with Crippen molar-refractivity contribution in [1.82, 2.24) is 15.3 Å². The number of nitrogens with zero attached hydrogens (tertiary/aromatic N) is 2. The molecule has 1 aliphatic rings. The van der Waals surface area contributed by atoms with Crippen LogP contribution in [-0.2, 0) is 0 Å². The Morgan fingerprint density at radius 1 is 1.25 bits per heavy atom. The lowest BCUT2D eigenvalue weighted by Crippen LogP contribution is -2.25. The van der Waals surface area contributed by atoms with E-state index in [0.717, 1.165) is 23.0 Å². The molecule has 0 saturated heterocycles. The van der Waals surface area contributed by atoms with Gasteiger partial charge in [-0.25, -0.2) is 9.97 Å². The zero-order valence-electron chi connectivity index (χ0n) is 10.6. The van der Waals surface area contributed by atoms with Gasteiger partial charge < -0.3 is 10.6 Å². The number of nitrogens with one attached hydrogen (secondary N) is 2. The number of anilines is 2. The molecule has 2 N–H and O–H groups in total. The predicted octanol–water partition coefficient (Wildman–Crippen LogP) is 2.87. The molecule has 1 amide bonds. The third-order valence-electron chi connectivity index (χ3n) is 2.91. The highest BCUT2D eigenvalue weighted by Crippen LogP contribution is 2.20. The maximum absolute atomic E-state index is 11.8. The largest absolute Gasteiger partial charge is 0.349 e. The Labute approximate surface area is 125 Å². The topological polar surface area (TPSA) is 66.9 Å². The highest BCUT2D eigenvalue weighted by Gasteiger charge is 2.23. The van der Waals surface area contributed by atoms with Gasteiger partial charge in [0.1, 0.15) is 0 Å². The van der Waals surface area contributed by atoms with Gasteiger partial charge in [0.05, 0.1) is 5.56 Å². The van der Waals surface area contributed by atoms with E-state index >= 15 is 0 Å². The van der Waals surface area contributed by atoms with Crippen LogP contribution in [0.1, 0.15) is 23.2 Å². The van der Waals surface area contributed by atoms with Gasteiger partial charge in [0.25, 0.3) is 5.91 Å². The molecule has 20 heavy (non-hydrogen) atoms. The Balaban J connectivity index is 1.67. The lowest BCUT2D eigenvalue weighted by atomic mass is 10.3. The standard InChI is InChI=1S/C14H13BrN4O/c15-10-2-1-3-12(6-10)19-14-16-7-9(8-17-14)13(20)18-11-4-5-11/h1-3,6-8,11H,4-5H2,(H,18,20)(H,16,17,19). The number of benzene rings is 1. The number of rotatable bonds is 4. The maximum atomic E-state index is 11.8. The zero-order chi connectivity index (χ0) is 13.9. The average molecular weight is 333 g/mol. The number of aromatic nitrogens is 2. The van der Waals surface area contributed by atoms with E-state index in [4.69, 9.17) is 0 Å². The fourth-order valence-corrected chi connectivity index (χ4v) is 2.10. The molecule has 0 unspecified atom stereocenters. The molecule has 1 fully saturated rings. The molecular weight excluding hydrogens is 320 g/mol. The number of carbonyl (C=O) groups is 1. The van der Waals surface area contributed by atoms with Crippen molar-refractivity contribution in [3.05, 3.63) is 46.7 Å². The summed E-state index contributed by atoms with van der Waals surface area (Å²) in [4.78, 5) is 20.1. The van der Waals surface area contributed by atoms with Crippen LogP contribution in [0.25, 0.3) is 0 Å². The van der Waals surface area contributed by atoms with E-state index in [1.54, 1.807) is 0 Å². The molecule has 1 aromatic carbocycles. The van der Waals surface area contributed by atoms with Crippen LogP contribution in [-0.4, -0.2) is 21.9 Å². The summed E-state index contributed by atoms with van der Waals surface area (Å²) in [6.45, 7) is 0. The third kappa shape index (κ3) is 3.33. The van der Waals surface area contributed by atoms with Crippen LogP contribution in [0.3, 0.4) is 0 Å². The number of hydrogen-bond acceptors (Lipinski definition) is 4. The van der Waals surface area contributed by atoms with E-state index in [2.05, 4.69) is 36.5 Å². The van der Waals surface area contributed by atoms with E-state index in [1.807, 2.05) is 24.3 Å². The van der Waals surface area contributed by atoms with Gasteiger partial charge in [-0.15, -0.1) is 0 Å².